The van der Waals surface area contributed by atoms with Gasteiger partial charge in [0, 0.05) is 14.5 Å². The van der Waals surface area contributed by atoms with Crippen molar-refractivity contribution in [3.05, 3.63) is 53.0 Å². The number of thiophene rings is 1. The average molecular weight is 415 g/mol. The molecule has 0 unspecified atom stereocenters. The van der Waals surface area contributed by atoms with E-state index in [0.717, 1.165) is 8.95 Å². The lowest BCUT2D eigenvalue weighted by Gasteiger charge is -2.03. The number of benzene rings is 1. The van der Waals surface area contributed by atoms with Gasteiger partial charge in [0.1, 0.15) is 4.34 Å². The summed E-state index contributed by atoms with van der Waals surface area (Å²) in [6, 6.07) is 6.94. The summed E-state index contributed by atoms with van der Waals surface area (Å²) in [6.45, 7) is 0. The molecule has 0 fully saturated rings. The molecule has 0 spiro atoms. The summed E-state index contributed by atoms with van der Waals surface area (Å²) in [5, 5.41) is 0. The smallest absolute Gasteiger partial charge is 0.196 e. The van der Waals surface area contributed by atoms with E-state index in [4.69, 9.17) is 23.2 Å². The standard InChI is InChI=1S/C11H4Br2Cl2OS/c12-5-1-2-6(8(13)3-5)10(16)7-4-9(14)17-11(7)15/h1-4H. The Morgan fingerprint density at radius 1 is 1.12 bits per heavy atom. The van der Waals surface area contributed by atoms with Crippen molar-refractivity contribution in [2.75, 3.05) is 0 Å². The minimum atomic E-state index is -0.141. The van der Waals surface area contributed by atoms with E-state index in [-0.39, 0.29) is 5.78 Å². The van der Waals surface area contributed by atoms with Crippen molar-refractivity contribution < 1.29 is 4.79 Å². The Hall–Kier alpha value is 0.130. The van der Waals surface area contributed by atoms with Gasteiger partial charge >= 0.3 is 0 Å². The molecular weight excluding hydrogens is 411 g/mol. The van der Waals surface area contributed by atoms with Crippen LogP contribution in [0.4, 0.5) is 0 Å². The maximum absolute atomic E-state index is 12.2. The summed E-state index contributed by atoms with van der Waals surface area (Å²) in [5.74, 6) is -0.141. The predicted molar refractivity (Wildman–Crippen MR) is 79.6 cm³/mol. The molecule has 0 aliphatic heterocycles. The van der Waals surface area contributed by atoms with E-state index in [1.165, 1.54) is 11.3 Å². The van der Waals surface area contributed by atoms with Crippen LogP contribution in [0.3, 0.4) is 0 Å². The number of rotatable bonds is 2. The normalized spacial score (nSPS) is 10.6. The van der Waals surface area contributed by atoms with Crippen molar-refractivity contribution in [2.45, 2.75) is 0 Å². The number of ketones is 1. The first-order valence-corrected chi connectivity index (χ1v) is 7.59. The summed E-state index contributed by atoms with van der Waals surface area (Å²) in [7, 11) is 0. The van der Waals surface area contributed by atoms with E-state index in [2.05, 4.69) is 31.9 Å². The first kappa shape index (κ1) is 13.6. The summed E-state index contributed by atoms with van der Waals surface area (Å²) in [5.41, 5.74) is 0.995. The van der Waals surface area contributed by atoms with Crippen molar-refractivity contribution in [1.82, 2.24) is 0 Å². The number of halogens is 4. The molecule has 0 aliphatic carbocycles. The topological polar surface area (TPSA) is 17.1 Å². The fourth-order valence-corrected chi connectivity index (χ4v) is 4.00. The molecule has 0 atom stereocenters. The van der Waals surface area contributed by atoms with Crippen molar-refractivity contribution in [2.24, 2.45) is 0 Å². The highest BCUT2D eigenvalue weighted by molar-refractivity contribution is 9.11. The second kappa shape index (κ2) is 5.41. The van der Waals surface area contributed by atoms with Crippen molar-refractivity contribution in [3.63, 3.8) is 0 Å². The monoisotopic (exact) mass is 412 g/mol. The highest BCUT2D eigenvalue weighted by atomic mass is 79.9. The van der Waals surface area contributed by atoms with Gasteiger partial charge in [0.2, 0.25) is 0 Å². The fraction of sp³-hybridized carbons (Fsp3) is 0. The zero-order valence-electron chi connectivity index (χ0n) is 8.14. The van der Waals surface area contributed by atoms with Crippen LogP contribution < -0.4 is 0 Å². The molecule has 88 valence electrons. The van der Waals surface area contributed by atoms with E-state index in [1.807, 2.05) is 6.07 Å². The van der Waals surface area contributed by atoms with Crippen LogP contribution in [0.2, 0.25) is 8.67 Å². The molecule has 0 N–H and O–H groups in total. The maximum atomic E-state index is 12.2. The van der Waals surface area contributed by atoms with Crippen LogP contribution in [0.25, 0.3) is 0 Å². The molecule has 0 amide bonds. The van der Waals surface area contributed by atoms with Crippen LogP contribution >= 0.6 is 66.4 Å². The summed E-state index contributed by atoms with van der Waals surface area (Å²) < 4.78 is 2.53. The molecule has 1 aromatic carbocycles. The van der Waals surface area contributed by atoms with Gasteiger partial charge < -0.3 is 0 Å². The first-order valence-electron chi connectivity index (χ1n) is 4.43. The van der Waals surface area contributed by atoms with E-state index in [9.17, 15) is 4.79 Å². The second-order valence-electron chi connectivity index (χ2n) is 3.19. The second-order valence-corrected chi connectivity index (χ2v) is 7.25. The zero-order chi connectivity index (χ0) is 12.6. The van der Waals surface area contributed by atoms with Crippen LogP contribution in [0.1, 0.15) is 15.9 Å². The lowest BCUT2D eigenvalue weighted by atomic mass is 10.1. The van der Waals surface area contributed by atoms with Gasteiger partial charge in [-0.2, -0.15) is 0 Å². The Morgan fingerprint density at radius 2 is 1.82 bits per heavy atom. The van der Waals surface area contributed by atoms with E-state index < -0.39 is 0 Å². The van der Waals surface area contributed by atoms with Gasteiger partial charge in [-0.25, -0.2) is 0 Å². The van der Waals surface area contributed by atoms with Crippen molar-refractivity contribution in [3.8, 4) is 0 Å². The molecule has 6 heteroatoms. The molecule has 2 rings (SSSR count). The third-order valence-electron chi connectivity index (χ3n) is 2.08. The van der Waals surface area contributed by atoms with Crippen LogP contribution in [0.5, 0.6) is 0 Å². The van der Waals surface area contributed by atoms with Crippen LogP contribution in [-0.4, -0.2) is 5.78 Å². The largest absolute Gasteiger partial charge is 0.288 e. The SMILES string of the molecule is O=C(c1ccc(Br)cc1Br)c1cc(Cl)sc1Cl. The van der Waals surface area contributed by atoms with Gasteiger partial charge in [0.25, 0.3) is 0 Å². The molecular formula is C11H4Br2Cl2OS. The van der Waals surface area contributed by atoms with Crippen molar-refractivity contribution >= 4 is 72.2 Å². The zero-order valence-corrected chi connectivity index (χ0v) is 13.6. The summed E-state index contributed by atoms with van der Waals surface area (Å²) >= 11 is 19.7. The maximum Gasteiger partial charge on any atom is 0.196 e. The van der Waals surface area contributed by atoms with Gasteiger partial charge in [0.05, 0.1) is 9.90 Å². The van der Waals surface area contributed by atoms with Gasteiger partial charge in [-0.05, 0) is 40.2 Å². The summed E-state index contributed by atoms with van der Waals surface area (Å²) in [6.07, 6.45) is 0. The molecule has 1 aromatic heterocycles. The molecule has 1 heterocycles. The Labute approximate surface area is 129 Å². The van der Waals surface area contributed by atoms with Gasteiger partial charge in [-0.1, -0.05) is 39.1 Å². The number of hydrogen-bond acceptors (Lipinski definition) is 2. The number of carbonyl (C=O) groups excluding carboxylic acids is 1. The Balaban J connectivity index is 2.47. The van der Waals surface area contributed by atoms with E-state index >= 15 is 0 Å². The third-order valence-corrected chi connectivity index (χ3v) is 4.71. The highest BCUT2D eigenvalue weighted by Crippen LogP contribution is 2.34. The van der Waals surface area contributed by atoms with Gasteiger partial charge in [-0.15, -0.1) is 11.3 Å². The fourth-order valence-electron chi connectivity index (χ4n) is 1.31. The number of hydrogen-bond donors (Lipinski definition) is 0. The third kappa shape index (κ3) is 2.93. The molecule has 0 saturated carbocycles. The van der Waals surface area contributed by atoms with Gasteiger partial charge in [-0.3, -0.25) is 4.79 Å². The van der Waals surface area contributed by atoms with Crippen LogP contribution in [0, 0.1) is 0 Å². The Morgan fingerprint density at radius 3 is 2.35 bits per heavy atom. The van der Waals surface area contributed by atoms with E-state index in [0.29, 0.717) is 19.8 Å². The molecule has 0 aliphatic rings. The molecule has 0 saturated heterocycles. The predicted octanol–water partition coefficient (Wildman–Crippen LogP) is 5.81. The summed E-state index contributed by atoms with van der Waals surface area (Å²) in [4.78, 5) is 12.2. The molecule has 2 aromatic rings. The highest BCUT2D eigenvalue weighted by Gasteiger charge is 2.18. The van der Waals surface area contributed by atoms with Crippen molar-refractivity contribution in [1.29, 1.82) is 0 Å². The lowest BCUT2D eigenvalue weighted by molar-refractivity contribution is 0.103. The van der Waals surface area contributed by atoms with E-state index in [1.54, 1.807) is 18.2 Å². The van der Waals surface area contributed by atoms with Crippen LogP contribution in [0.15, 0.2) is 33.2 Å². The lowest BCUT2D eigenvalue weighted by Crippen LogP contribution is -2.01. The van der Waals surface area contributed by atoms with Gasteiger partial charge in [0.15, 0.2) is 5.78 Å². The number of carbonyl (C=O) groups is 1. The Kier molecular flexibility index (Phi) is 4.31. The minimum absolute atomic E-state index is 0.141. The molecule has 17 heavy (non-hydrogen) atoms. The molecule has 0 bridgehead atoms. The first-order chi connectivity index (χ1) is 7.99. The molecule has 1 nitrogen and oxygen atoms in total. The quantitative estimate of drug-likeness (QED) is 0.566. The minimum Gasteiger partial charge on any atom is -0.288 e. The van der Waals surface area contributed by atoms with Crippen LogP contribution in [-0.2, 0) is 0 Å². The Bertz CT molecular complexity index is 595. The average Bonchev–Trinajstić information content (AvgIpc) is 2.57. The molecule has 0 radical (unpaired) electrons.